The van der Waals surface area contributed by atoms with E-state index in [0.717, 1.165) is 43.7 Å². The average molecular weight is 374 g/mol. The lowest BCUT2D eigenvalue weighted by molar-refractivity contribution is -0.126. The Morgan fingerprint density at radius 3 is 2.81 bits per heavy atom. The molecule has 1 fully saturated rings. The first kappa shape index (κ1) is 19.5. The fourth-order valence-corrected chi connectivity index (χ4v) is 3.47. The number of carbonyl (C=O) groups is 1. The predicted octanol–water partition coefficient (Wildman–Crippen LogP) is 2.04. The maximum absolute atomic E-state index is 13.5. The van der Waals surface area contributed by atoms with Gasteiger partial charge in [-0.2, -0.15) is 0 Å². The molecule has 146 valence electrons. The second-order valence-electron chi connectivity index (χ2n) is 6.83. The number of benzene rings is 1. The summed E-state index contributed by atoms with van der Waals surface area (Å²) in [5.74, 6) is -0.216. The zero-order valence-corrected chi connectivity index (χ0v) is 15.9. The van der Waals surface area contributed by atoms with Crippen LogP contribution in [-0.2, 0) is 9.53 Å². The van der Waals surface area contributed by atoms with Crippen LogP contribution >= 0.6 is 0 Å². The van der Waals surface area contributed by atoms with Gasteiger partial charge in [-0.1, -0.05) is 0 Å². The number of hydrogen-bond donors (Lipinski definition) is 1. The van der Waals surface area contributed by atoms with Gasteiger partial charge in [-0.3, -0.25) is 14.7 Å². The summed E-state index contributed by atoms with van der Waals surface area (Å²) in [7, 11) is 1.66. The summed E-state index contributed by atoms with van der Waals surface area (Å²) >= 11 is 0. The molecule has 6 nitrogen and oxygen atoms in total. The van der Waals surface area contributed by atoms with Crippen molar-refractivity contribution in [3.8, 4) is 0 Å². The van der Waals surface area contributed by atoms with E-state index in [2.05, 4.69) is 20.1 Å². The number of rotatable bonds is 7. The number of pyridine rings is 1. The first-order valence-corrected chi connectivity index (χ1v) is 9.40. The molecule has 1 aliphatic rings. The third-order valence-corrected chi connectivity index (χ3v) is 5.09. The summed E-state index contributed by atoms with van der Waals surface area (Å²) in [5, 5.41) is 3.92. The Bertz CT molecular complexity index is 778. The number of methoxy groups -OCH3 is 1. The number of fused-ring (bicyclic) bond motifs is 1. The van der Waals surface area contributed by atoms with E-state index in [1.54, 1.807) is 19.4 Å². The minimum Gasteiger partial charge on any atom is -0.385 e. The van der Waals surface area contributed by atoms with Crippen LogP contribution < -0.4 is 10.2 Å². The highest BCUT2D eigenvalue weighted by atomic mass is 19.1. The van der Waals surface area contributed by atoms with Gasteiger partial charge in [0.1, 0.15) is 5.82 Å². The number of halogens is 1. The fourth-order valence-electron chi connectivity index (χ4n) is 3.47. The van der Waals surface area contributed by atoms with Gasteiger partial charge in [0.05, 0.1) is 11.6 Å². The van der Waals surface area contributed by atoms with Gasteiger partial charge in [-0.25, -0.2) is 4.39 Å². The van der Waals surface area contributed by atoms with E-state index in [4.69, 9.17) is 4.74 Å². The van der Waals surface area contributed by atoms with E-state index in [0.29, 0.717) is 18.7 Å². The first-order valence-electron chi connectivity index (χ1n) is 9.40. The molecule has 0 radical (unpaired) electrons. The van der Waals surface area contributed by atoms with Crippen molar-refractivity contribution in [1.82, 2.24) is 15.2 Å². The molecule has 0 saturated carbocycles. The van der Waals surface area contributed by atoms with Gasteiger partial charge >= 0.3 is 0 Å². The van der Waals surface area contributed by atoms with Crippen molar-refractivity contribution in [1.29, 1.82) is 0 Å². The molecule has 0 bridgehead atoms. The minimum atomic E-state index is -0.276. The molecule has 2 heterocycles. The summed E-state index contributed by atoms with van der Waals surface area (Å²) in [5.41, 5.74) is 1.73. The summed E-state index contributed by atoms with van der Waals surface area (Å²) < 4.78 is 18.5. The van der Waals surface area contributed by atoms with Crippen LogP contribution in [0.5, 0.6) is 0 Å². The molecule has 1 atom stereocenters. The molecule has 1 saturated heterocycles. The van der Waals surface area contributed by atoms with Crippen molar-refractivity contribution in [3.05, 3.63) is 36.3 Å². The lowest BCUT2D eigenvalue weighted by Gasteiger charge is -2.38. The number of nitrogens with zero attached hydrogens (tertiary/aromatic N) is 3. The highest BCUT2D eigenvalue weighted by Crippen LogP contribution is 2.27. The lowest BCUT2D eigenvalue weighted by Crippen LogP contribution is -2.54. The van der Waals surface area contributed by atoms with Crippen molar-refractivity contribution in [2.45, 2.75) is 19.4 Å². The molecule has 27 heavy (non-hydrogen) atoms. The van der Waals surface area contributed by atoms with Gasteiger partial charge in [-0.05, 0) is 31.5 Å². The molecule has 0 spiro atoms. The molecule has 1 N–H and O–H groups in total. The standard InChI is InChI=1S/C20H27FN4O2/c1-15(20(26)23-7-3-13-27-2)24-9-11-25(12-10-24)19-6-8-22-18-14-16(21)4-5-17(18)19/h4-6,8,14-15H,3,7,9-13H2,1-2H3,(H,23,26). The van der Waals surface area contributed by atoms with Crippen LogP contribution in [0.1, 0.15) is 13.3 Å². The van der Waals surface area contributed by atoms with E-state index in [-0.39, 0.29) is 17.8 Å². The van der Waals surface area contributed by atoms with Crippen molar-refractivity contribution in [2.75, 3.05) is 51.3 Å². The van der Waals surface area contributed by atoms with Crippen LogP contribution in [0.15, 0.2) is 30.5 Å². The Kier molecular flexibility index (Phi) is 6.58. The zero-order valence-electron chi connectivity index (χ0n) is 15.9. The van der Waals surface area contributed by atoms with Gasteiger partial charge in [0.25, 0.3) is 0 Å². The topological polar surface area (TPSA) is 57.7 Å². The third kappa shape index (κ3) is 4.73. The number of nitrogens with one attached hydrogen (secondary N) is 1. The van der Waals surface area contributed by atoms with E-state index in [9.17, 15) is 9.18 Å². The van der Waals surface area contributed by atoms with E-state index in [1.165, 1.54) is 12.1 Å². The molecule has 1 amide bonds. The van der Waals surface area contributed by atoms with Crippen LogP contribution in [0.2, 0.25) is 0 Å². The number of piperazine rings is 1. The minimum absolute atomic E-state index is 0.0596. The number of aromatic nitrogens is 1. The number of hydrogen-bond acceptors (Lipinski definition) is 5. The average Bonchev–Trinajstić information content (AvgIpc) is 2.70. The quantitative estimate of drug-likeness (QED) is 0.752. The molecule has 7 heteroatoms. The van der Waals surface area contributed by atoms with Crippen molar-refractivity contribution in [3.63, 3.8) is 0 Å². The molecular weight excluding hydrogens is 347 g/mol. The van der Waals surface area contributed by atoms with Crippen LogP contribution in [0, 0.1) is 5.82 Å². The second-order valence-corrected chi connectivity index (χ2v) is 6.83. The van der Waals surface area contributed by atoms with Crippen molar-refractivity contribution in [2.24, 2.45) is 0 Å². The zero-order chi connectivity index (χ0) is 19.2. The fraction of sp³-hybridized carbons (Fsp3) is 0.500. The number of amides is 1. The van der Waals surface area contributed by atoms with Gasteiger partial charge in [0, 0.05) is 69.8 Å². The summed E-state index contributed by atoms with van der Waals surface area (Å²) in [4.78, 5) is 21.1. The van der Waals surface area contributed by atoms with Crippen molar-refractivity contribution >= 4 is 22.5 Å². The monoisotopic (exact) mass is 374 g/mol. The summed E-state index contributed by atoms with van der Waals surface area (Å²) in [6.07, 6.45) is 2.54. The molecule has 0 aliphatic carbocycles. The molecular formula is C20H27FN4O2. The lowest BCUT2D eigenvalue weighted by atomic mass is 10.1. The summed E-state index contributed by atoms with van der Waals surface area (Å²) in [6, 6.07) is 6.54. The number of anilines is 1. The maximum Gasteiger partial charge on any atom is 0.237 e. The van der Waals surface area contributed by atoms with Crippen LogP contribution in [0.4, 0.5) is 10.1 Å². The molecule has 1 unspecified atom stereocenters. The SMILES string of the molecule is COCCCNC(=O)C(C)N1CCN(c2ccnc3cc(F)ccc23)CC1. The number of carbonyl (C=O) groups excluding carboxylic acids is 1. The van der Waals surface area contributed by atoms with E-state index in [1.807, 2.05) is 13.0 Å². The molecule has 1 aromatic carbocycles. The number of ether oxygens (including phenoxy) is 1. The van der Waals surface area contributed by atoms with Crippen molar-refractivity contribution < 1.29 is 13.9 Å². The smallest absolute Gasteiger partial charge is 0.237 e. The van der Waals surface area contributed by atoms with Crippen LogP contribution in [-0.4, -0.2) is 68.3 Å². The first-order chi connectivity index (χ1) is 13.1. The Labute approximate surface area is 159 Å². The molecule has 3 rings (SSSR count). The van der Waals surface area contributed by atoms with Gasteiger partial charge in [0.15, 0.2) is 0 Å². The Balaban J connectivity index is 1.58. The summed E-state index contributed by atoms with van der Waals surface area (Å²) in [6.45, 7) is 6.48. The Morgan fingerprint density at radius 2 is 2.07 bits per heavy atom. The third-order valence-electron chi connectivity index (χ3n) is 5.09. The molecule has 2 aromatic rings. The normalized spacial score (nSPS) is 16.5. The highest BCUT2D eigenvalue weighted by molar-refractivity contribution is 5.91. The van der Waals surface area contributed by atoms with Gasteiger partial charge in [0.2, 0.25) is 5.91 Å². The molecule has 1 aliphatic heterocycles. The van der Waals surface area contributed by atoms with E-state index < -0.39 is 0 Å². The van der Waals surface area contributed by atoms with E-state index >= 15 is 0 Å². The molecule has 1 aromatic heterocycles. The maximum atomic E-state index is 13.5. The van der Waals surface area contributed by atoms with Gasteiger partial charge in [-0.15, -0.1) is 0 Å². The Morgan fingerprint density at radius 1 is 1.30 bits per heavy atom. The van der Waals surface area contributed by atoms with Crippen LogP contribution in [0.3, 0.4) is 0 Å². The van der Waals surface area contributed by atoms with Gasteiger partial charge < -0.3 is 15.0 Å². The predicted molar refractivity (Wildman–Crippen MR) is 104 cm³/mol. The largest absolute Gasteiger partial charge is 0.385 e. The van der Waals surface area contributed by atoms with Crippen LogP contribution in [0.25, 0.3) is 10.9 Å². The second kappa shape index (κ2) is 9.10. The highest BCUT2D eigenvalue weighted by Gasteiger charge is 2.26. The Hall–Kier alpha value is -2.25.